The molecule has 0 bridgehead atoms. The topological polar surface area (TPSA) is 92.3 Å². The first kappa shape index (κ1) is 19.1. The van der Waals surface area contributed by atoms with Crippen LogP contribution in [0.2, 0.25) is 0 Å². The number of aryl methyl sites for hydroxylation is 1. The standard InChI is InChI=1S/C15H20F3N7O2/c1-9(13-20-14(22-27-13)25-6-4-23(2)5-7-25)19-12(26)10-8-11(15(16,17)18)21-24(10)3/h8-9H,4-7H2,1-3H3,(H,19,26). The fraction of sp³-hybridized carbons (Fsp3) is 0.600. The molecule has 0 spiro atoms. The predicted molar refractivity (Wildman–Crippen MR) is 88.1 cm³/mol. The molecule has 1 N–H and O–H groups in total. The lowest BCUT2D eigenvalue weighted by Crippen LogP contribution is -2.45. The molecule has 1 aliphatic rings. The predicted octanol–water partition coefficient (Wildman–Crippen LogP) is 1.06. The quantitative estimate of drug-likeness (QED) is 0.839. The Kier molecular flexibility index (Phi) is 5.09. The van der Waals surface area contributed by atoms with E-state index in [1.165, 1.54) is 7.05 Å². The van der Waals surface area contributed by atoms with Crippen molar-refractivity contribution >= 4 is 11.9 Å². The average Bonchev–Trinajstić information content (AvgIpc) is 3.22. The van der Waals surface area contributed by atoms with Crippen LogP contribution in [0.1, 0.15) is 35.0 Å². The van der Waals surface area contributed by atoms with Crippen LogP contribution in [0, 0.1) is 0 Å². The van der Waals surface area contributed by atoms with Gasteiger partial charge in [-0.1, -0.05) is 0 Å². The molecule has 148 valence electrons. The number of anilines is 1. The van der Waals surface area contributed by atoms with Crippen molar-refractivity contribution in [1.29, 1.82) is 0 Å². The minimum atomic E-state index is -4.62. The molecule has 0 aromatic carbocycles. The van der Waals surface area contributed by atoms with Crippen molar-refractivity contribution in [3.05, 3.63) is 23.3 Å². The summed E-state index contributed by atoms with van der Waals surface area (Å²) in [5.41, 5.74) is -1.34. The molecule has 3 rings (SSSR count). The maximum Gasteiger partial charge on any atom is 0.435 e. The second-order valence-electron chi connectivity index (χ2n) is 6.45. The van der Waals surface area contributed by atoms with Gasteiger partial charge in [0, 0.05) is 39.3 Å². The number of hydrogen-bond acceptors (Lipinski definition) is 7. The normalized spacial score (nSPS) is 17.2. The van der Waals surface area contributed by atoms with Gasteiger partial charge in [0.25, 0.3) is 17.7 Å². The second kappa shape index (κ2) is 7.18. The zero-order valence-corrected chi connectivity index (χ0v) is 15.1. The molecule has 1 fully saturated rings. The van der Waals surface area contributed by atoms with Crippen molar-refractivity contribution in [2.45, 2.75) is 19.1 Å². The molecule has 12 heteroatoms. The van der Waals surface area contributed by atoms with Gasteiger partial charge >= 0.3 is 6.18 Å². The van der Waals surface area contributed by atoms with Crippen molar-refractivity contribution in [3.63, 3.8) is 0 Å². The summed E-state index contributed by atoms with van der Waals surface area (Å²) in [5, 5.41) is 9.80. The number of piperazine rings is 1. The third kappa shape index (κ3) is 4.21. The molecule has 0 saturated carbocycles. The fourth-order valence-corrected chi connectivity index (χ4v) is 2.69. The summed E-state index contributed by atoms with van der Waals surface area (Å²) in [6, 6.07) is 0.0291. The molecule has 1 atom stereocenters. The Morgan fingerprint density at radius 1 is 1.26 bits per heavy atom. The Bertz CT molecular complexity index is 809. The number of hydrogen-bond donors (Lipinski definition) is 1. The van der Waals surface area contributed by atoms with E-state index >= 15 is 0 Å². The molecule has 1 saturated heterocycles. The first-order valence-corrected chi connectivity index (χ1v) is 8.34. The Balaban J connectivity index is 1.66. The largest absolute Gasteiger partial charge is 0.435 e. The molecule has 9 nitrogen and oxygen atoms in total. The smallest absolute Gasteiger partial charge is 0.339 e. The summed E-state index contributed by atoms with van der Waals surface area (Å²) in [6.07, 6.45) is -4.62. The zero-order chi connectivity index (χ0) is 19.8. The van der Waals surface area contributed by atoms with Crippen LogP contribution in [0.3, 0.4) is 0 Å². The number of amides is 1. The van der Waals surface area contributed by atoms with Crippen molar-refractivity contribution in [3.8, 4) is 0 Å². The van der Waals surface area contributed by atoms with Gasteiger partial charge in [0.05, 0.1) is 0 Å². The highest BCUT2D eigenvalue weighted by atomic mass is 19.4. The lowest BCUT2D eigenvalue weighted by Gasteiger charge is -2.31. The van der Waals surface area contributed by atoms with Crippen LogP contribution in [0.5, 0.6) is 0 Å². The summed E-state index contributed by atoms with van der Waals surface area (Å²) in [4.78, 5) is 20.7. The minimum Gasteiger partial charge on any atom is -0.339 e. The number of nitrogens with zero attached hydrogens (tertiary/aromatic N) is 6. The van der Waals surface area contributed by atoms with Gasteiger partial charge in [-0.3, -0.25) is 9.48 Å². The molecular weight excluding hydrogens is 367 g/mol. The molecule has 3 heterocycles. The molecule has 1 amide bonds. The fourth-order valence-electron chi connectivity index (χ4n) is 2.69. The monoisotopic (exact) mass is 387 g/mol. The van der Waals surface area contributed by atoms with Gasteiger partial charge < -0.3 is 19.6 Å². The van der Waals surface area contributed by atoms with E-state index < -0.39 is 23.8 Å². The maximum atomic E-state index is 12.7. The van der Waals surface area contributed by atoms with E-state index in [1.807, 2.05) is 11.9 Å². The minimum absolute atomic E-state index is 0.176. The Labute approximate surface area is 153 Å². The molecular formula is C15H20F3N7O2. The van der Waals surface area contributed by atoms with Crippen LogP contribution in [-0.4, -0.2) is 64.0 Å². The van der Waals surface area contributed by atoms with Gasteiger partial charge in [0.15, 0.2) is 5.69 Å². The number of alkyl halides is 3. The van der Waals surface area contributed by atoms with Crippen LogP contribution in [0.15, 0.2) is 10.6 Å². The van der Waals surface area contributed by atoms with Crippen LogP contribution in [-0.2, 0) is 13.2 Å². The van der Waals surface area contributed by atoms with Gasteiger partial charge in [-0.05, 0) is 19.1 Å². The highest BCUT2D eigenvalue weighted by Gasteiger charge is 2.35. The molecule has 0 aliphatic carbocycles. The van der Waals surface area contributed by atoms with Crippen molar-refractivity contribution in [2.75, 3.05) is 38.1 Å². The summed E-state index contributed by atoms with van der Waals surface area (Å²) in [6.45, 7) is 4.87. The van der Waals surface area contributed by atoms with Gasteiger partial charge in [0.1, 0.15) is 11.7 Å². The van der Waals surface area contributed by atoms with E-state index in [2.05, 4.69) is 25.5 Å². The lowest BCUT2D eigenvalue weighted by atomic mass is 10.3. The molecule has 1 aliphatic heterocycles. The van der Waals surface area contributed by atoms with Crippen molar-refractivity contribution < 1.29 is 22.5 Å². The second-order valence-corrected chi connectivity index (χ2v) is 6.45. The number of halogens is 3. The highest BCUT2D eigenvalue weighted by Crippen LogP contribution is 2.28. The number of carbonyl (C=O) groups is 1. The molecule has 1 unspecified atom stereocenters. The summed E-state index contributed by atoms with van der Waals surface area (Å²) < 4.78 is 44.3. The van der Waals surface area contributed by atoms with Crippen molar-refractivity contribution in [2.24, 2.45) is 7.05 Å². The van der Waals surface area contributed by atoms with E-state index in [-0.39, 0.29) is 11.6 Å². The number of likely N-dealkylation sites (N-methyl/N-ethyl adjacent to an activating group) is 1. The van der Waals surface area contributed by atoms with Gasteiger partial charge in [-0.2, -0.15) is 23.3 Å². The lowest BCUT2D eigenvalue weighted by molar-refractivity contribution is -0.141. The van der Waals surface area contributed by atoms with Crippen LogP contribution < -0.4 is 10.2 Å². The number of nitrogens with one attached hydrogen (secondary N) is 1. The Hall–Kier alpha value is -2.63. The number of rotatable bonds is 4. The summed E-state index contributed by atoms with van der Waals surface area (Å²) in [7, 11) is 3.30. The van der Waals surface area contributed by atoms with E-state index in [9.17, 15) is 18.0 Å². The van der Waals surface area contributed by atoms with Crippen LogP contribution >= 0.6 is 0 Å². The zero-order valence-electron chi connectivity index (χ0n) is 15.1. The third-order valence-corrected chi connectivity index (χ3v) is 4.34. The van der Waals surface area contributed by atoms with Gasteiger partial charge in [-0.25, -0.2) is 0 Å². The average molecular weight is 387 g/mol. The molecule has 0 radical (unpaired) electrons. The first-order valence-electron chi connectivity index (χ1n) is 8.34. The Morgan fingerprint density at radius 3 is 2.52 bits per heavy atom. The SMILES string of the molecule is CC(NC(=O)c1cc(C(F)(F)F)nn1C)c1nc(N2CCN(C)CC2)no1. The molecule has 2 aromatic rings. The van der Waals surface area contributed by atoms with Crippen molar-refractivity contribution in [1.82, 2.24) is 30.1 Å². The maximum absolute atomic E-state index is 12.7. The van der Waals surface area contributed by atoms with E-state index in [4.69, 9.17) is 4.52 Å². The number of aromatic nitrogens is 4. The third-order valence-electron chi connectivity index (χ3n) is 4.34. The van der Waals surface area contributed by atoms with Crippen LogP contribution in [0.25, 0.3) is 0 Å². The Morgan fingerprint density at radius 2 is 1.93 bits per heavy atom. The first-order chi connectivity index (χ1) is 12.6. The number of carbonyl (C=O) groups excluding carboxylic acids is 1. The molecule has 2 aromatic heterocycles. The van der Waals surface area contributed by atoms with Gasteiger partial charge in [0.2, 0.25) is 0 Å². The summed E-state index contributed by atoms with van der Waals surface area (Å²) >= 11 is 0. The molecule has 27 heavy (non-hydrogen) atoms. The highest BCUT2D eigenvalue weighted by molar-refractivity contribution is 5.92. The van der Waals surface area contributed by atoms with Gasteiger partial charge in [-0.15, -0.1) is 0 Å². The summed E-state index contributed by atoms with van der Waals surface area (Å²) in [5.74, 6) is -0.109. The van der Waals surface area contributed by atoms with E-state index in [1.54, 1.807) is 6.92 Å². The van der Waals surface area contributed by atoms with Crippen LogP contribution in [0.4, 0.5) is 19.1 Å². The van der Waals surface area contributed by atoms with E-state index in [0.29, 0.717) is 12.0 Å². The van der Waals surface area contributed by atoms with E-state index in [0.717, 1.165) is 30.9 Å².